The molecule has 1 fully saturated rings. The fourth-order valence-electron chi connectivity index (χ4n) is 2.70. The Hall–Kier alpha value is -2.60. The highest BCUT2D eigenvalue weighted by molar-refractivity contribution is 5.48. The number of nitrogens with zero attached hydrogens (tertiary/aromatic N) is 1. The van der Waals surface area contributed by atoms with Crippen LogP contribution in [0, 0.1) is 17.0 Å². The molecule has 0 aromatic heterocycles. The Balaban J connectivity index is 1.56. The molecule has 0 spiro atoms. The average Bonchev–Trinajstić information content (AvgIpc) is 3.12. The number of nitro groups is 1. The van der Waals surface area contributed by atoms with Gasteiger partial charge in [-0.05, 0) is 49.1 Å². The number of nitro benzene ring substituents is 1. The fourth-order valence-corrected chi connectivity index (χ4v) is 2.70. The second-order valence-corrected chi connectivity index (χ2v) is 6.11. The number of rotatable bonds is 7. The minimum atomic E-state index is -0.434. The van der Waals surface area contributed by atoms with Gasteiger partial charge in [0.05, 0.1) is 11.0 Å². The molecular formula is C19H21NO5. The van der Waals surface area contributed by atoms with Gasteiger partial charge in [-0.1, -0.05) is 18.2 Å². The molecule has 2 aromatic carbocycles. The van der Waals surface area contributed by atoms with Gasteiger partial charge in [0.25, 0.3) is 0 Å². The molecule has 0 aliphatic carbocycles. The summed E-state index contributed by atoms with van der Waals surface area (Å²) in [5.41, 5.74) is 1.81. The molecule has 0 saturated carbocycles. The van der Waals surface area contributed by atoms with Gasteiger partial charge in [0, 0.05) is 12.7 Å². The lowest BCUT2D eigenvalue weighted by atomic mass is 10.2. The molecule has 0 unspecified atom stereocenters. The van der Waals surface area contributed by atoms with Crippen LogP contribution in [0.25, 0.3) is 0 Å². The van der Waals surface area contributed by atoms with Crippen LogP contribution >= 0.6 is 0 Å². The second-order valence-electron chi connectivity index (χ2n) is 6.11. The Labute approximate surface area is 146 Å². The molecule has 0 amide bonds. The summed E-state index contributed by atoms with van der Waals surface area (Å²) in [6.07, 6.45) is 2.32. The second kappa shape index (κ2) is 7.98. The van der Waals surface area contributed by atoms with Crippen LogP contribution in [0.4, 0.5) is 5.69 Å². The van der Waals surface area contributed by atoms with E-state index >= 15 is 0 Å². The highest BCUT2D eigenvalue weighted by Crippen LogP contribution is 2.28. The third-order valence-corrected chi connectivity index (χ3v) is 4.09. The van der Waals surface area contributed by atoms with Crippen molar-refractivity contribution < 1.29 is 19.1 Å². The molecule has 2 aromatic rings. The maximum atomic E-state index is 11.1. The Morgan fingerprint density at radius 3 is 2.68 bits per heavy atom. The van der Waals surface area contributed by atoms with Crippen LogP contribution in [0.2, 0.25) is 0 Å². The predicted octanol–water partition coefficient (Wildman–Crippen LogP) is 4.04. The lowest BCUT2D eigenvalue weighted by molar-refractivity contribution is -0.386. The number of hydrogen-bond donors (Lipinski definition) is 0. The van der Waals surface area contributed by atoms with Crippen LogP contribution in [0.3, 0.4) is 0 Å². The van der Waals surface area contributed by atoms with E-state index in [2.05, 4.69) is 0 Å². The first-order chi connectivity index (χ1) is 12.1. The van der Waals surface area contributed by atoms with Gasteiger partial charge in [0.2, 0.25) is 0 Å². The van der Waals surface area contributed by atoms with Crippen LogP contribution in [0.5, 0.6) is 11.5 Å². The summed E-state index contributed by atoms with van der Waals surface area (Å²) >= 11 is 0. The van der Waals surface area contributed by atoms with E-state index in [0.717, 1.165) is 36.3 Å². The van der Waals surface area contributed by atoms with Gasteiger partial charge in [0.1, 0.15) is 19.0 Å². The molecule has 1 saturated heterocycles. The molecule has 132 valence electrons. The maximum absolute atomic E-state index is 11.1. The molecule has 1 atom stereocenters. The summed E-state index contributed by atoms with van der Waals surface area (Å²) in [4.78, 5) is 10.6. The lowest BCUT2D eigenvalue weighted by Crippen LogP contribution is -2.16. The molecule has 25 heavy (non-hydrogen) atoms. The van der Waals surface area contributed by atoms with Crippen LogP contribution in [-0.2, 0) is 11.3 Å². The van der Waals surface area contributed by atoms with Crippen molar-refractivity contribution in [3.8, 4) is 11.5 Å². The normalized spacial score (nSPS) is 16.6. The van der Waals surface area contributed by atoms with Crippen molar-refractivity contribution in [2.75, 3.05) is 13.2 Å². The Kier molecular flexibility index (Phi) is 5.50. The number of aryl methyl sites for hydroxylation is 1. The van der Waals surface area contributed by atoms with Gasteiger partial charge >= 0.3 is 5.69 Å². The predicted molar refractivity (Wildman–Crippen MR) is 93.1 cm³/mol. The molecule has 6 heteroatoms. The third-order valence-electron chi connectivity index (χ3n) is 4.09. The van der Waals surface area contributed by atoms with Gasteiger partial charge in [0.15, 0.2) is 5.75 Å². The van der Waals surface area contributed by atoms with E-state index in [1.165, 1.54) is 6.07 Å². The molecular weight excluding hydrogens is 322 g/mol. The standard InChI is InChI=1S/C19H21NO5/c1-14-4-9-18(20(21)22)19(11-14)25-12-15-5-7-16(8-6-15)24-13-17-3-2-10-23-17/h4-9,11,17H,2-3,10,12-13H2,1H3/t17-/m0/s1. The van der Waals surface area contributed by atoms with E-state index in [1.807, 2.05) is 31.2 Å². The first-order valence-corrected chi connectivity index (χ1v) is 8.33. The number of ether oxygens (including phenoxy) is 3. The van der Waals surface area contributed by atoms with E-state index in [9.17, 15) is 10.1 Å². The SMILES string of the molecule is Cc1ccc([N+](=O)[O-])c(OCc2ccc(OC[C@@H]3CCCO3)cc2)c1. The summed E-state index contributed by atoms with van der Waals surface area (Å²) in [6.45, 7) is 3.51. The average molecular weight is 343 g/mol. The van der Waals surface area contributed by atoms with Crippen molar-refractivity contribution in [3.63, 3.8) is 0 Å². The molecule has 6 nitrogen and oxygen atoms in total. The van der Waals surface area contributed by atoms with E-state index in [1.54, 1.807) is 12.1 Å². The molecule has 0 N–H and O–H groups in total. The fraction of sp³-hybridized carbons (Fsp3) is 0.368. The minimum absolute atomic E-state index is 0.0258. The van der Waals surface area contributed by atoms with Crippen molar-refractivity contribution in [2.24, 2.45) is 0 Å². The quantitative estimate of drug-likeness (QED) is 0.560. The first kappa shape index (κ1) is 17.2. The van der Waals surface area contributed by atoms with Gasteiger partial charge in [-0.3, -0.25) is 10.1 Å². The summed E-state index contributed by atoms with van der Waals surface area (Å²) in [7, 11) is 0. The summed E-state index contributed by atoms with van der Waals surface area (Å²) in [6, 6.07) is 12.4. The van der Waals surface area contributed by atoms with Crippen molar-refractivity contribution in [2.45, 2.75) is 32.5 Å². The Morgan fingerprint density at radius 1 is 1.20 bits per heavy atom. The molecule has 1 aliphatic rings. The van der Waals surface area contributed by atoms with Crippen LogP contribution in [0.15, 0.2) is 42.5 Å². The third kappa shape index (κ3) is 4.70. The topological polar surface area (TPSA) is 70.8 Å². The molecule has 3 rings (SSSR count). The van der Waals surface area contributed by atoms with E-state index in [0.29, 0.717) is 6.61 Å². The smallest absolute Gasteiger partial charge is 0.310 e. The van der Waals surface area contributed by atoms with Gasteiger partial charge in [-0.25, -0.2) is 0 Å². The van der Waals surface area contributed by atoms with Crippen molar-refractivity contribution in [1.82, 2.24) is 0 Å². The molecule has 1 heterocycles. The Morgan fingerprint density at radius 2 is 2.00 bits per heavy atom. The minimum Gasteiger partial charge on any atom is -0.491 e. The molecule has 1 aliphatic heterocycles. The van der Waals surface area contributed by atoms with Gasteiger partial charge in [-0.15, -0.1) is 0 Å². The van der Waals surface area contributed by atoms with Gasteiger partial charge < -0.3 is 14.2 Å². The monoisotopic (exact) mass is 343 g/mol. The van der Waals surface area contributed by atoms with Crippen LogP contribution < -0.4 is 9.47 Å². The highest BCUT2D eigenvalue weighted by atomic mass is 16.6. The number of hydrogen-bond acceptors (Lipinski definition) is 5. The Bertz CT molecular complexity index is 723. The van der Waals surface area contributed by atoms with Crippen LogP contribution in [-0.4, -0.2) is 24.2 Å². The van der Waals surface area contributed by atoms with Crippen molar-refractivity contribution >= 4 is 5.69 Å². The first-order valence-electron chi connectivity index (χ1n) is 8.33. The molecule has 0 radical (unpaired) electrons. The van der Waals surface area contributed by atoms with E-state index in [4.69, 9.17) is 14.2 Å². The highest BCUT2D eigenvalue weighted by Gasteiger charge is 2.16. The lowest BCUT2D eigenvalue weighted by Gasteiger charge is -2.12. The summed E-state index contributed by atoms with van der Waals surface area (Å²) < 4.78 is 16.9. The zero-order valence-corrected chi connectivity index (χ0v) is 14.1. The van der Waals surface area contributed by atoms with Crippen LogP contribution in [0.1, 0.15) is 24.0 Å². The number of benzene rings is 2. The zero-order chi connectivity index (χ0) is 17.6. The largest absolute Gasteiger partial charge is 0.491 e. The molecule has 0 bridgehead atoms. The maximum Gasteiger partial charge on any atom is 0.310 e. The van der Waals surface area contributed by atoms with Gasteiger partial charge in [-0.2, -0.15) is 0 Å². The van der Waals surface area contributed by atoms with Crippen molar-refractivity contribution in [1.29, 1.82) is 0 Å². The van der Waals surface area contributed by atoms with E-state index < -0.39 is 4.92 Å². The summed E-state index contributed by atoms with van der Waals surface area (Å²) in [5, 5.41) is 11.1. The van der Waals surface area contributed by atoms with Crippen molar-refractivity contribution in [3.05, 3.63) is 63.7 Å². The zero-order valence-electron chi connectivity index (χ0n) is 14.1. The summed E-state index contributed by atoms with van der Waals surface area (Å²) in [5.74, 6) is 1.06. The van der Waals surface area contributed by atoms with E-state index in [-0.39, 0.29) is 24.1 Å².